The van der Waals surface area contributed by atoms with E-state index in [1.165, 1.54) is 5.56 Å². The Kier molecular flexibility index (Phi) is 5.44. The van der Waals surface area contributed by atoms with Crippen LogP contribution in [0.3, 0.4) is 0 Å². The van der Waals surface area contributed by atoms with Crippen LogP contribution in [0.1, 0.15) is 51.0 Å². The molecule has 0 saturated heterocycles. The standard InChI is InChI=1S/C17H27NO2/c1-12(14-4-10-17(20-3)11-5-14)13(2)18-15-6-8-16(19)9-7-15/h4-5,10-13,15-16,18-19H,6-9H2,1-3H3. The Morgan fingerprint density at radius 3 is 2.25 bits per heavy atom. The van der Waals surface area contributed by atoms with Crippen molar-refractivity contribution in [3.63, 3.8) is 0 Å². The number of hydrogen-bond acceptors (Lipinski definition) is 3. The number of aliphatic hydroxyl groups excluding tert-OH is 1. The zero-order valence-corrected chi connectivity index (χ0v) is 12.8. The molecule has 1 aliphatic rings. The summed E-state index contributed by atoms with van der Waals surface area (Å²) in [6.07, 6.45) is 3.95. The molecule has 0 radical (unpaired) electrons. The average molecular weight is 277 g/mol. The Morgan fingerprint density at radius 2 is 1.70 bits per heavy atom. The van der Waals surface area contributed by atoms with Crippen molar-refractivity contribution in [2.75, 3.05) is 7.11 Å². The minimum atomic E-state index is -0.0811. The highest BCUT2D eigenvalue weighted by Crippen LogP contribution is 2.24. The highest BCUT2D eigenvalue weighted by Gasteiger charge is 2.23. The number of aliphatic hydroxyl groups is 1. The summed E-state index contributed by atoms with van der Waals surface area (Å²) >= 11 is 0. The van der Waals surface area contributed by atoms with Gasteiger partial charge in [0.1, 0.15) is 5.75 Å². The lowest BCUT2D eigenvalue weighted by Gasteiger charge is -2.31. The first-order valence-corrected chi connectivity index (χ1v) is 7.68. The maximum Gasteiger partial charge on any atom is 0.118 e. The molecule has 0 bridgehead atoms. The van der Waals surface area contributed by atoms with E-state index in [2.05, 4.69) is 31.3 Å². The molecule has 1 saturated carbocycles. The summed E-state index contributed by atoms with van der Waals surface area (Å²) in [4.78, 5) is 0. The summed E-state index contributed by atoms with van der Waals surface area (Å²) in [5.41, 5.74) is 1.33. The van der Waals surface area contributed by atoms with Crippen molar-refractivity contribution in [2.45, 2.75) is 63.6 Å². The predicted octanol–water partition coefficient (Wildman–Crippen LogP) is 3.08. The van der Waals surface area contributed by atoms with Gasteiger partial charge in [0.2, 0.25) is 0 Å². The predicted molar refractivity (Wildman–Crippen MR) is 82.3 cm³/mol. The molecule has 1 fully saturated rings. The summed E-state index contributed by atoms with van der Waals surface area (Å²) in [6.45, 7) is 4.51. The molecule has 20 heavy (non-hydrogen) atoms. The van der Waals surface area contributed by atoms with Crippen LogP contribution in [0.4, 0.5) is 0 Å². The fourth-order valence-electron chi connectivity index (χ4n) is 2.95. The number of nitrogens with one attached hydrogen (secondary N) is 1. The quantitative estimate of drug-likeness (QED) is 0.869. The van der Waals surface area contributed by atoms with Gasteiger partial charge in [-0.2, -0.15) is 0 Å². The molecule has 1 aromatic rings. The first-order chi connectivity index (χ1) is 9.60. The smallest absolute Gasteiger partial charge is 0.118 e. The molecule has 2 N–H and O–H groups in total. The van der Waals surface area contributed by atoms with Gasteiger partial charge < -0.3 is 15.2 Å². The normalized spacial score (nSPS) is 26.0. The Morgan fingerprint density at radius 1 is 1.10 bits per heavy atom. The van der Waals surface area contributed by atoms with Crippen molar-refractivity contribution in [1.29, 1.82) is 0 Å². The first kappa shape index (κ1) is 15.3. The number of ether oxygens (including phenoxy) is 1. The van der Waals surface area contributed by atoms with Crippen LogP contribution < -0.4 is 10.1 Å². The molecular weight excluding hydrogens is 250 g/mol. The van der Waals surface area contributed by atoms with Crippen molar-refractivity contribution >= 4 is 0 Å². The third-order valence-corrected chi connectivity index (χ3v) is 4.59. The van der Waals surface area contributed by atoms with E-state index in [0.717, 1.165) is 31.4 Å². The van der Waals surface area contributed by atoms with E-state index in [1.54, 1.807) is 7.11 Å². The van der Waals surface area contributed by atoms with Crippen molar-refractivity contribution in [3.8, 4) is 5.75 Å². The Balaban J connectivity index is 1.88. The van der Waals surface area contributed by atoms with Gasteiger partial charge in [-0.15, -0.1) is 0 Å². The highest BCUT2D eigenvalue weighted by molar-refractivity contribution is 5.29. The van der Waals surface area contributed by atoms with Crippen LogP contribution in [-0.4, -0.2) is 30.4 Å². The van der Waals surface area contributed by atoms with Crippen molar-refractivity contribution < 1.29 is 9.84 Å². The van der Waals surface area contributed by atoms with E-state index in [0.29, 0.717) is 18.0 Å². The van der Waals surface area contributed by atoms with Gasteiger partial charge in [-0.1, -0.05) is 19.1 Å². The molecule has 0 spiro atoms. The summed E-state index contributed by atoms with van der Waals surface area (Å²) in [6, 6.07) is 9.32. The zero-order chi connectivity index (χ0) is 14.5. The van der Waals surface area contributed by atoms with E-state index in [9.17, 15) is 5.11 Å². The Bertz CT molecular complexity index is 396. The topological polar surface area (TPSA) is 41.5 Å². The van der Waals surface area contributed by atoms with Crippen LogP contribution in [0.15, 0.2) is 24.3 Å². The van der Waals surface area contributed by atoms with Gasteiger partial charge in [0, 0.05) is 12.1 Å². The van der Waals surface area contributed by atoms with Gasteiger partial charge >= 0.3 is 0 Å². The zero-order valence-electron chi connectivity index (χ0n) is 12.8. The molecule has 2 unspecified atom stereocenters. The molecule has 0 heterocycles. The van der Waals surface area contributed by atoms with E-state index >= 15 is 0 Å². The minimum absolute atomic E-state index is 0.0811. The van der Waals surface area contributed by atoms with E-state index in [4.69, 9.17) is 4.74 Å². The third kappa shape index (κ3) is 3.97. The van der Waals surface area contributed by atoms with Gasteiger partial charge in [0.05, 0.1) is 13.2 Å². The lowest BCUT2D eigenvalue weighted by molar-refractivity contribution is 0.114. The van der Waals surface area contributed by atoms with Gasteiger partial charge in [0.25, 0.3) is 0 Å². The maximum atomic E-state index is 9.56. The third-order valence-electron chi connectivity index (χ3n) is 4.59. The number of rotatable bonds is 5. The largest absolute Gasteiger partial charge is 0.497 e. The first-order valence-electron chi connectivity index (χ1n) is 7.68. The fraction of sp³-hybridized carbons (Fsp3) is 0.647. The lowest BCUT2D eigenvalue weighted by Crippen LogP contribution is -2.42. The van der Waals surface area contributed by atoms with Crippen LogP contribution in [-0.2, 0) is 0 Å². The Hall–Kier alpha value is -1.06. The summed E-state index contributed by atoms with van der Waals surface area (Å²) < 4.78 is 5.20. The van der Waals surface area contributed by atoms with Crippen LogP contribution in [0.2, 0.25) is 0 Å². The van der Waals surface area contributed by atoms with Gasteiger partial charge in [0.15, 0.2) is 0 Å². The van der Waals surface area contributed by atoms with E-state index in [-0.39, 0.29) is 6.10 Å². The maximum absolute atomic E-state index is 9.56. The van der Waals surface area contributed by atoms with E-state index < -0.39 is 0 Å². The summed E-state index contributed by atoms with van der Waals surface area (Å²) in [7, 11) is 1.69. The minimum Gasteiger partial charge on any atom is -0.497 e. The van der Waals surface area contributed by atoms with Gasteiger partial charge in [-0.05, 0) is 56.2 Å². The SMILES string of the molecule is COc1ccc(C(C)C(C)NC2CCC(O)CC2)cc1. The Labute approximate surface area is 122 Å². The average Bonchev–Trinajstić information content (AvgIpc) is 2.49. The monoisotopic (exact) mass is 277 g/mol. The highest BCUT2D eigenvalue weighted by atomic mass is 16.5. The second-order valence-corrected chi connectivity index (χ2v) is 6.02. The lowest BCUT2D eigenvalue weighted by atomic mass is 9.89. The molecule has 1 aromatic carbocycles. The van der Waals surface area contributed by atoms with Crippen LogP contribution in [0, 0.1) is 0 Å². The van der Waals surface area contributed by atoms with Gasteiger partial charge in [-0.25, -0.2) is 0 Å². The van der Waals surface area contributed by atoms with Crippen LogP contribution in [0.25, 0.3) is 0 Å². The summed E-state index contributed by atoms with van der Waals surface area (Å²) in [5.74, 6) is 1.37. The second-order valence-electron chi connectivity index (χ2n) is 6.02. The van der Waals surface area contributed by atoms with Crippen molar-refractivity contribution in [1.82, 2.24) is 5.32 Å². The second kappa shape index (κ2) is 7.09. The molecular formula is C17H27NO2. The molecule has 2 atom stereocenters. The van der Waals surface area contributed by atoms with Crippen molar-refractivity contribution in [2.24, 2.45) is 0 Å². The molecule has 3 heteroatoms. The molecule has 0 aromatic heterocycles. The van der Waals surface area contributed by atoms with Crippen LogP contribution in [0.5, 0.6) is 5.75 Å². The number of methoxy groups -OCH3 is 1. The molecule has 0 amide bonds. The summed E-state index contributed by atoms with van der Waals surface area (Å²) in [5, 5.41) is 13.3. The molecule has 1 aliphatic carbocycles. The number of hydrogen-bond donors (Lipinski definition) is 2. The molecule has 3 nitrogen and oxygen atoms in total. The van der Waals surface area contributed by atoms with E-state index in [1.807, 2.05) is 12.1 Å². The number of benzene rings is 1. The van der Waals surface area contributed by atoms with Crippen molar-refractivity contribution in [3.05, 3.63) is 29.8 Å². The molecule has 0 aliphatic heterocycles. The fourth-order valence-corrected chi connectivity index (χ4v) is 2.95. The molecule has 2 rings (SSSR count). The molecule has 112 valence electrons. The van der Waals surface area contributed by atoms with Crippen LogP contribution >= 0.6 is 0 Å². The van der Waals surface area contributed by atoms with Gasteiger partial charge in [-0.3, -0.25) is 0 Å².